The molecule has 6 heteroatoms. The Hall–Kier alpha value is -3.01. The van der Waals surface area contributed by atoms with Crippen LogP contribution in [0.1, 0.15) is 25.0 Å². The predicted octanol–water partition coefficient (Wildman–Crippen LogP) is 3.38. The van der Waals surface area contributed by atoms with E-state index in [-0.39, 0.29) is 25.2 Å². The van der Waals surface area contributed by atoms with Crippen molar-refractivity contribution in [2.45, 2.75) is 39.1 Å². The SMILES string of the molecule is C#CCO[C@@H](COCc1ccccc1)C(=O)NCCc1ccc(OC(C)C)c(OC)c1. The van der Waals surface area contributed by atoms with Crippen molar-refractivity contribution in [2.75, 3.05) is 26.9 Å². The van der Waals surface area contributed by atoms with Crippen molar-refractivity contribution in [1.29, 1.82) is 0 Å². The molecule has 2 aromatic carbocycles. The fraction of sp³-hybridized carbons (Fsp3) is 0.400. The molecule has 0 aromatic heterocycles. The average molecular weight is 426 g/mol. The largest absolute Gasteiger partial charge is 0.493 e. The Kier molecular flexibility index (Phi) is 10.4. The molecule has 0 radical (unpaired) electrons. The van der Waals surface area contributed by atoms with Gasteiger partial charge in [-0.2, -0.15) is 0 Å². The van der Waals surface area contributed by atoms with Gasteiger partial charge < -0.3 is 24.3 Å². The molecule has 1 amide bonds. The van der Waals surface area contributed by atoms with Crippen LogP contribution in [-0.4, -0.2) is 45.0 Å². The third kappa shape index (κ3) is 8.71. The first-order chi connectivity index (χ1) is 15.0. The van der Waals surface area contributed by atoms with Crippen LogP contribution in [0.5, 0.6) is 11.5 Å². The molecule has 0 spiro atoms. The minimum absolute atomic E-state index is 0.0430. The Morgan fingerprint density at radius 3 is 2.55 bits per heavy atom. The van der Waals surface area contributed by atoms with Crippen LogP contribution >= 0.6 is 0 Å². The van der Waals surface area contributed by atoms with Crippen LogP contribution in [0.25, 0.3) is 0 Å². The quantitative estimate of drug-likeness (QED) is 0.499. The first-order valence-electron chi connectivity index (χ1n) is 10.3. The molecule has 0 aliphatic rings. The second kappa shape index (κ2) is 13.3. The van der Waals surface area contributed by atoms with Crippen molar-refractivity contribution in [3.05, 3.63) is 59.7 Å². The molecule has 0 unspecified atom stereocenters. The molecule has 0 aliphatic carbocycles. The van der Waals surface area contributed by atoms with Gasteiger partial charge in [-0.1, -0.05) is 42.3 Å². The van der Waals surface area contributed by atoms with Crippen LogP contribution in [0.3, 0.4) is 0 Å². The van der Waals surface area contributed by atoms with Gasteiger partial charge in [-0.15, -0.1) is 6.42 Å². The van der Waals surface area contributed by atoms with Gasteiger partial charge in [0.2, 0.25) is 0 Å². The number of nitrogens with one attached hydrogen (secondary N) is 1. The van der Waals surface area contributed by atoms with Crippen molar-refractivity contribution < 1.29 is 23.7 Å². The third-order valence-corrected chi connectivity index (χ3v) is 4.34. The molecule has 6 nitrogen and oxygen atoms in total. The highest BCUT2D eigenvalue weighted by Gasteiger charge is 2.19. The number of methoxy groups -OCH3 is 1. The number of carbonyl (C=O) groups is 1. The van der Waals surface area contributed by atoms with E-state index in [0.29, 0.717) is 31.1 Å². The van der Waals surface area contributed by atoms with E-state index in [2.05, 4.69) is 11.2 Å². The number of hydrogen-bond donors (Lipinski definition) is 1. The summed E-state index contributed by atoms with van der Waals surface area (Å²) in [5.41, 5.74) is 2.05. The number of benzene rings is 2. The highest BCUT2D eigenvalue weighted by atomic mass is 16.5. The zero-order valence-corrected chi connectivity index (χ0v) is 18.4. The van der Waals surface area contributed by atoms with Crippen molar-refractivity contribution >= 4 is 5.91 Å². The van der Waals surface area contributed by atoms with E-state index in [1.807, 2.05) is 62.4 Å². The number of hydrogen-bond acceptors (Lipinski definition) is 5. The molecule has 0 saturated heterocycles. The summed E-state index contributed by atoms with van der Waals surface area (Å²) in [6.45, 7) is 4.94. The number of ether oxygens (including phenoxy) is 4. The van der Waals surface area contributed by atoms with Crippen molar-refractivity contribution in [3.8, 4) is 23.8 Å². The summed E-state index contributed by atoms with van der Waals surface area (Å²) >= 11 is 0. The highest BCUT2D eigenvalue weighted by molar-refractivity contribution is 5.80. The Labute approximate surface area is 184 Å². The molecular formula is C25H31NO5. The summed E-state index contributed by atoms with van der Waals surface area (Å²) in [6.07, 6.45) is 5.20. The van der Waals surface area contributed by atoms with Gasteiger partial charge in [-0.25, -0.2) is 0 Å². The normalized spacial score (nSPS) is 11.6. The molecule has 2 rings (SSSR count). The molecule has 1 N–H and O–H groups in total. The van der Waals surface area contributed by atoms with Crippen LogP contribution < -0.4 is 14.8 Å². The lowest BCUT2D eigenvalue weighted by molar-refractivity contribution is -0.136. The maximum absolute atomic E-state index is 12.6. The summed E-state index contributed by atoms with van der Waals surface area (Å²) in [4.78, 5) is 12.6. The first-order valence-corrected chi connectivity index (χ1v) is 10.3. The maximum atomic E-state index is 12.6. The van der Waals surface area contributed by atoms with Gasteiger partial charge in [0.15, 0.2) is 17.6 Å². The zero-order valence-electron chi connectivity index (χ0n) is 18.4. The van der Waals surface area contributed by atoms with Gasteiger partial charge in [0.1, 0.15) is 6.61 Å². The number of terminal acetylenes is 1. The topological polar surface area (TPSA) is 66.0 Å². The number of rotatable bonds is 13. The second-order valence-corrected chi connectivity index (χ2v) is 7.20. The Bertz CT molecular complexity index is 845. The van der Waals surface area contributed by atoms with Crippen LogP contribution in [0, 0.1) is 12.3 Å². The van der Waals surface area contributed by atoms with E-state index >= 15 is 0 Å². The van der Waals surface area contributed by atoms with E-state index < -0.39 is 6.10 Å². The van der Waals surface area contributed by atoms with Crippen LogP contribution in [0.15, 0.2) is 48.5 Å². The van der Waals surface area contributed by atoms with Crippen molar-refractivity contribution in [3.63, 3.8) is 0 Å². The lowest BCUT2D eigenvalue weighted by Crippen LogP contribution is -2.40. The monoisotopic (exact) mass is 425 g/mol. The third-order valence-electron chi connectivity index (χ3n) is 4.34. The zero-order chi connectivity index (χ0) is 22.5. The summed E-state index contributed by atoms with van der Waals surface area (Å²) < 4.78 is 22.3. The van der Waals surface area contributed by atoms with E-state index in [9.17, 15) is 4.79 Å². The summed E-state index contributed by atoms with van der Waals surface area (Å²) in [5.74, 6) is 3.50. The molecule has 2 aromatic rings. The molecule has 0 bridgehead atoms. The number of amides is 1. The van der Waals surface area contributed by atoms with Gasteiger partial charge in [-0.3, -0.25) is 4.79 Å². The lowest BCUT2D eigenvalue weighted by Gasteiger charge is -2.17. The fourth-order valence-electron chi connectivity index (χ4n) is 2.87. The average Bonchev–Trinajstić information content (AvgIpc) is 2.77. The maximum Gasteiger partial charge on any atom is 0.251 e. The predicted molar refractivity (Wildman–Crippen MR) is 120 cm³/mol. The van der Waals surface area contributed by atoms with Gasteiger partial charge >= 0.3 is 0 Å². The Morgan fingerprint density at radius 1 is 1.10 bits per heavy atom. The molecular weight excluding hydrogens is 394 g/mol. The highest BCUT2D eigenvalue weighted by Crippen LogP contribution is 2.29. The molecule has 0 saturated carbocycles. The summed E-state index contributed by atoms with van der Waals surface area (Å²) in [6, 6.07) is 15.5. The van der Waals surface area contributed by atoms with Gasteiger partial charge in [-0.05, 0) is 43.5 Å². The van der Waals surface area contributed by atoms with E-state index in [0.717, 1.165) is 11.1 Å². The van der Waals surface area contributed by atoms with Crippen molar-refractivity contribution in [2.24, 2.45) is 0 Å². The Morgan fingerprint density at radius 2 is 1.87 bits per heavy atom. The molecule has 166 valence electrons. The standard InChI is InChI=1S/C25H31NO5/c1-5-15-30-24(18-29-17-21-9-7-6-8-10-21)25(27)26-14-13-20-11-12-22(31-19(2)3)23(16-20)28-4/h1,6-12,16,19,24H,13-15,17-18H2,2-4H3,(H,26,27)/t24-/m0/s1. The van der Waals surface area contributed by atoms with Crippen molar-refractivity contribution in [1.82, 2.24) is 5.32 Å². The molecule has 0 fully saturated rings. The molecule has 0 heterocycles. The summed E-state index contributed by atoms with van der Waals surface area (Å²) in [7, 11) is 1.61. The van der Waals surface area contributed by atoms with Gasteiger partial charge in [0.25, 0.3) is 5.91 Å². The van der Waals surface area contributed by atoms with E-state index in [1.165, 1.54) is 0 Å². The van der Waals surface area contributed by atoms with Crippen LogP contribution in [0.4, 0.5) is 0 Å². The molecule has 0 aliphatic heterocycles. The second-order valence-electron chi connectivity index (χ2n) is 7.20. The molecule has 31 heavy (non-hydrogen) atoms. The minimum Gasteiger partial charge on any atom is -0.493 e. The molecule has 1 atom stereocenters. The van der Waals surface area contributed by atoms with Crippen LogP contribution in [-0.2, 0) is 27.3 Å². The van der Waals surface area contributed by atoms with Gasteiger partial charge in [0, 0.05) is 6.54 Å². The minimum atomic E-state index is -0.767. The smallest absolute Gasteiger partial charge is 0.251 e. The van der Waals surface area contributed by atoms with E-state index in [1.54, 1.807) is 7.11 Å². The lowest BCUT2D eigenvalue weighted by atomic mass is 10.1. The van der Waals surface area contributed by atoms with E-state index in [4.69, 9.17) is 25.4 Å². The first kappa shape index (κ1) is 24.3. The summed E-state index contributed by atoms with van der Waals surface area (Å²) in [5, 5.41) is 2.89. The Balaban J connectivity index is 1.85. The van der Waals surface area contributed by atoms with Crippen LogP contribution in [0.2, 0.25) is 0 Å². The number of carbonyl (C=O) groups excluding carboxylic acids is 1. The fourth-order valence-corrected chi connectivity index (χ4v) is 2.87. The van der Waals surface area contributed by atoms with Gasteiger partial charge in [0.05, 0.1) is 26.4 Å².